The maximum atomic E-state index is 10.7. The van der Waals surface area contributed by atoms with Crippen molar-refractivity contribution in [2.24, 2.45) is 0 Å². The Hall–Kier alpha value is -2.53. The average molecular weight is 294 g/mol. The highest BCUT2D eigenvalue weighted by molar-refractivity contribution is 5.87. The number of hydrogen-bond donors (Lipinski definition) is 2. The van der Waals surface area contributed by atoms with Crippen molar-refractivity contribution in [1.82, 2.24) is 9.55 Å². The van der Waals surface area contributed by atoms with Crippen LogP contribution in [-0.4, -0.2) is 19.8 Å². The van der Waals surface area contributed by atoms with Crippen LogP contribution in [0.25, 0.3) is 16.6 Å². The molecule has 2 bridgehead atoms. The zero-order chi connectivity index (χ0) is 14.8. The molecule has 2 atom stereocenters. The molecule has 1 fully saturated rings. The van der Waals surface area contributed by atoms with Gasteiger partial charge in [0.2, 0.25) is 11.8 Å². The first kappa shape index (κ1) is 12.1. The molecule has 2 aliphatic rings. The van der Waals surface area contributed by atoms with E-state index in [0.29, 0.717) is 5.69 Å². The van der Waals surface area contributed by atoms with Crippen molar-refractivity contribution in [3.63, 3.8) is 0 Å². The van der Waals surface area contributed by atoms with Gasteiger partial charge in [0.15, 0.2) is 0 Å². The van der Waals surface area contributed by atoms with Crippen LogP contribution in [-0.2, 0) is 4.74 Å². The minimum Gasteiger partial charge on any atom is -0.494 e. The van der Waals surface area contributed by atoms with Crippen LogP contribution in [0, 0.1) is 0 Å². The zero-order valence-corrected chi connectivity index (χ0v) is 11.7. The second-order valence-electron chi connectivity index (χ2n) is 5.85. The predicted octanol–water partition coefficient (Wildman–Crippen LogP) is 3.34. The van der Waals surface area contributed by atoms with Crippen LogP contribution in [0.1, 0.15) is 36.2 Å². The molecule has 0 aliphatic carbocycles. The molecular formula is C17H14N2O3. The number of pyridine rings is 1. The fourth-order valence-corrected chi connectivity index (χ4v) is 3.78. The van der Waals surface area contributed by atoms with Gasteiger partial charge in [-0.05, 0) is 25.0 Å². The molecule has 22 heavy (non-hydrogen) atoms. The van der Waals surface area contributed by atoms with Crippen LogP contribution in [0.2, 0.25) is 0 Å². The number of fused-ring (bicyclic) bond motifs is 6. The normalized spacial score (nSPS) is 22.4. The van der Waals surface area contributed by atoms with Gasteiger partial charge in [-0.2, -0.15) is 0 Å². The van der Waals surface area contributed by atoms with E-state index in [4.69, 9.17) is 4.74 Å². The van der Waals surface area contributed by atoms with Crippen molar-refractivity contribution in [2.45, 2.75) is 25.0 Å². The standard InChI is InChI=1S/C17H14N2O3/c20-16-13-11-6-7-12(22-11)14(13)17(21)19(16)10-5-1-3-9-4-2-8-18-15(9)10/h1-5,8,11-12,20-21H,6-7H2/t11-,12+. The number of para-hydroxylation sites is 1. The Morgan fingerprint density at radius 3 is 2.41 bits per heavy atom. The number of nitrogens with zero attached hydrogens (tertiary/aromatic N) is 2. The smallest absolute Gasteiger partial charge is 0.205 e. The molecule has 2 aliphatic heterocycles. The molecule has 0 amide bonds. The summed E-state index contributed by atoms with van der Waals surface area (Å²) in [6.07, 6.45) is 3.29. The van der Waals surface area contributed by atoms with Gasteiger partial charge in [-0.1, -0.05) is 18.2 Å². The molecule has 5 nitrogen and oxygen atoms in total. The van der Waals surface area contributed by atoms with Crippen molar-refractivity contribution in [3.05, 3.63) is 47.7 Å². The lowest BCUT2D eigenvalue weighted by atomic mass is 9.95. The highest BCUT2D eigenvalue weighted by atomic mass is 16.5. The van der Waals surface area contributed by atoms with E-state index in [1.165, 1.54) is 4.57 Å². The third-order valence-corrected chi connectivity index (χ3v) is 4.71. The average Bonchev–Trinajstić information content (AvgIpc) is 3.21. The third kappa shape index (κ3) is 1.34. The molecule has 4 heterocycles. The number of ether oxygens (including phenoxy) is 1. The summed E-state index contributed by atoms with van der Waals surface area (Å²) in [6.45, 7) is 0. The van der Waals surface area contributed by atoms with E-state index in [9.17, 15) is 10.2 Å². The maximum Gasteiger partial charge on any atom is 0.205 e. The van der Waals surface area contributed by atoms with Gasteiger partial charge >= 0.3 is 0 Å². The molecule has 1 saturated heterocycles. The fourth-order valence-electron chi connectivity index (χ4n) is 3.78. The molecule has 5 rings (SSSR count). The summed E-state index contributed by atoms with van der Waals surface area (Å²) in [7, 11) is 0. The number of aromatic nitrogens is 2. The van der Waals surface area contributed by atoms with Crippen molar-refractivity contribution >= 4 is 10.9 Å². The minimum absolute atomic E-state index is 0.0675. The molecule has 110 valence electrons. The van der Waals surface area contributed by atoms with Gasteiger partial charge < -0.3 is 14.9 Å². The number of aromatic hydroxyl groups is 2. The topological polar surface area (TPSA) is 67.5 Å². The molecule has 0 radical (unpaired) electrons. The molecule has 1 aromatic carbocycles. The predicted molar refractivity (Wildman–Crippen MR) is 80.2 cm³/mol. The van der Waals surface area contributed by atoms with Gasteiger partial charge in [-0.15, -0.1) is 0 Å². The molecular weight excluding hydrogens is 280 g/mol. The molecule has 0 spiro atoms. The quantitative estimate of drug-likeness (QED) is 0.722. The minimum atomic E-state index is -0.102. The molecule has 2 N–H and O–H groups in total. The summed E-state index contributed by atoms with van der Waals surface area (Å²) in [5, 5.41) is 22.3. The number of rotatable bonds is 1. The van der Waals surface area contributed by atoms with E-state index >= 15 is 0 Å². The highest BCUT2D eigenvalue weighted by Gasteiger charge is 2.45. The summed E-state index contributed by atoms with van der Waals surface area (Å²) in [4.78, 5) is 4.40. The SMILES string of the molecule is Oc1c2c(c(O)n1-c1cccc3cccnc13)[C@H]1CC[C@@H]2O1. The van der Waals surface area contributed by atoms with Crippen LogP contribution in [0.5, 0.6) is 11.8 Å². The van der Waals surface area contributed by atoms with Gasteiger partial charge in [0.05, 0.1) is 34.5 Å². The highest BCUT2D eigenvalue weighted by Crippen LogP contribution is 2.58. The fraction of sp³-hybridized carbons (Fsp3) is 0.235. The molecule has 3 aromatic rings. The van der Waals surface area contributed by atoms with Crippen LogP contribution in [0.3, 0.4) is 0 Å². The molecule has 0 saturated carbocycles. The van der Waals surface area contributed by atoms with Crippen molar-refractivity contribution in [1.29, 1.82) is 0 Å². The van der Waals surface area contributed by atoms with Crippen LogP contribution in [0.4, 0.5) is 0 Å². The summed E-state index contributed by atoms with van der Waals surface area (Å²) in [5.41, 5.74) is 2.91. The molecule has 5 heteroatoms. The van der Waals surface area contributed by atoms with Gasteiger partial charge in [-0.3, -0.25) is 4.98 Å². The Bertz CT molecular complexity index is 877. The lowest BCUT2D eigenvalue weighted by molar-refractivity contribution is 0.0683. The van der Waals surface area contributed by atoms with E-state index in [1.54, 1.807) is 6.20 Å². The van der Waals surface area contributed by atoms with E-state index in [2.05, 4.69) is 4.98 Å². The lowest BCUT2D eigenvalue weighted by Crippen LogP contribution is -1.98. The van der Waals surface area contributed by atoms with Gasteiger partial charge in [0, 0.05) is 11.6 Å². The lowest BCUT2D eigenvalue weighted by Gasteiger charge is -2.12. The van der Waals surface area contributed by atoms with Crippen LogP contribution in [0.15, 0.2) is 36.5 Å². The Balaban J connectivity index is 1.83. The third-order valence-electron chi connectivity index (χ3n) is 4.71. The van der Waals surface area contributed by atoms with E-state index in [-0.39, 0.29) is 24.0 Å². The van der Waals surface area contributed by atoms with Crippen molar-refractivity contribution < 1.29 is 14.9 Å². The number of hydrogen-bond acceptors (Lipinski definition) is 4. The van der Waals surface area contributed by atoms with E-state index < -0.39 is 0 Å². The summed E-state index contributed by atoms with van der Waals surface area (Å²) >= 11 is 0. The zero-order valence-electron chi connectivity index (χ0n) is 11.7. The van der Waals surface area contributed by atoms with E-state index in [1.807, 2.05) is 30.3 Å². The van der Waals surface area contributed by atoms with E-state index in [0.717, 1.165) is 34.9 Å². The van der Waals surface area contributed by atoms with Gasteiger partial charge in [0.25, 0.3) is 0 Å². The second-order valence-corrected chi connectivity index (χ2v) is 5.85. The molecule has 0 unspecified atom stereocenters. The Morgan fingerprint density at radius 1 is 1.00 bits per heavy atom. The van der Waals surface area contributed by atoms with Gasteiger partial charge in [0.1, 0.15) is 0 Å². The summed E-state index contributed by atoms with van der Waals surface area (Å²) < 4.78 is 7.27. The summed E-state index contributed by atoms with van der Waals surface area (Å²) in [5.74, 6) is 0.135. The first-order chi connectivity index (χ1) is 10.8. The Morgan fingerprint density at radius 2 is 1.68 bits per heavy atom. The van der Waals surface area contributed by atoms with Crippen molar-refractivity contribution in [2.75, 3.05) is 0 Å². The van der Waals surface area contributed by atoms with Crippen LogP contribution >= 0.6 is 0 Å². The second kappa shape index (κ2) is 4.01. The van der Waals surface area contributed by atoms with Crippen LogP contribution < -0.4 is 0 Å². The monoisotopic (exact) mass is 294 g/mol. The first-order valence-corrected chi connectivity index (χ1v) is 7.41. The number of benzene rings is 1. The Labute approximate surface area is 126 Å². The molecule has 2 aromatic heterocycles. The first-order valence-electron chi connectivity index (χ1n) is 7.41. The Kier molecular flexibility index (Phi) is 2.20. The maximum absolute atomic E-state index is 10.7. The van der Waals surface area contributed by atoms with Crippen molar-refractivity contribution in [3.8, 4) is 17.4 Å². The van der Waals surface area contributed by atoms with Gasteiger partial charge in [-0.25, -0.2) is 4.57 Å². The largest absolute Gasteiger partial charge is 0.494 e. The summed E-state index contributed by atoms with van der Waals surface area (Å²) in [6, 6.07) is 9.55.